The fourth-order valence-electron chi connectivity index (χ4n) is 4.39. The number of nitrogens with zero attached hydrogens (tertiary/aromatic N) is 4. The van der Waals surface area contributed by atoms with Crippen LogP contribution in [0.1, 0.15) is 12.5 Å². The first kappa shape index (κ1) is 15.9. The molecule has 0 N–H and O–H groups in total. The molecule has 0 aliphatic carbocycles. The minimum atomic E-state index is 0.00836. The number of anilines is 1. The molecule has 3 aliphatic heterocycles. The Bertz CT molecular complexity index is 611. The van der Waals surface area contributed by atoms with Crippen molar-refractivity contribution in [3.8, 4) is 0 Å². The molecule has 5 nitrogen and oxygen atoms in total. The number of benzene rings is 1. The Labute approximate surface area is 144 Å². The van der Waals surface area contributed by atoms with Crippen molar-refractivity contribution in [2.75, 3.05) is 57.8 Å². The molecule has 1 unspecified atom stereocenters. The van der Waals surface area contributed by atoms with Crippen molar-refractivity contribution in [3.05, 3.63) is 29.8 Å². The van der Waals surface area contributed by atoms with E-state index in [2.05, 4.69) is 57.8 Å². The van der Waals surface area contributed by atoms with Crippen LogP contribution < -0.4 is 4.90 Å². The first-order valence-electron chi connectivity index (χ1n) is 9.19. The molecule has 2 fully saturated rings. The summed E-state index contributed by atoms with van der Waals surface area (Å²) >= 11 is 0. The largest absolute Gasteiger partial charge is 0.364 e. The molecule has 1 aromatic carbocycles. The predicted octanol–water partition coefficient (Wildman–Crippen LogP) is 0.896. The lowest BCUT2D eigenvalue weighted by Crippen LogP contribution is -2.59. The van der Waals surface area contributed by atoms with Gasteiger partial charge in [-0.25, -0.2) is 0 Å². The lowest BCUT2D eigenvalue weighted by Gasteiger charge is -2.42. The standard InChI is InChI=1S/C19H28N4O/c1-15(21-9-7-20(2)8-10-21)19(24)22-11-12-23-17(14-22)13-16-5-3-4-6-18(16)23/h3-6,15,17H,7-14H2,1-2H3/t15?,17-/m1/s1. The minimum Gasteiger partial charge on any atom is -0.364 e. The molecule has 3 aliphatic rings. The number of para-hydroxylation sites is 1. The van der Waals surface area contributed by atoms with E-state index in [0.717, 1.165) is 52.2 Å². The van der Waals surface area contributed by atoms with Crippen LogP contribution in [0.15, 0.2) is 24.3 Å². The lowest BCUT2D eigenvalue weighted by molar-refractivity contribution is -0.137. The summed E-state index contributed by atoms with van der Waals surface area (Å²) in [5, 5.41) is 0. The molecule has 1 aromatic rings. The zero-order valence-corrected chi connectivity index (χ0v) is 14.8. The first-order valence-corrected chi connectivity index (χ1v) is 9.19. The molecule has 24 heavy (non-hydrogen) atoms. The third-order valence-electron chi connectivity index (χ3n) is 5.99. The van der Waals surface area contributed by atoms with Gasteiger partial charge in [-0.05, 0) is 32.0 Å². The van der Waals surface area contributed by atoms with Gasteiger partial charge in [-0.15, -0.1) is 0 Å². The third kappa shape index (κ3) is 2.80. The molecule has 3 heterocycles. The molecule has 0 bridgehead atoms. The van der Waals surface area contributed by atoms with Crippen LogP contribution in [0.3, 0.4) is 0 Å². The van der Waals surface area contributed by atoms with Crippen LogP contribution in [-0.4, -0.2) is 85.6 Å². The second-order valence-corrected chi connectivity index (χ2v) is 7.48. The molecule has 2 saturated heterocycles. The molecular formula is C19H28N4O. The highest BCUT2D eigenvalue weighted by Gasteiger charge is 2.37. The van der Waals surface area contributed by atoms with Gasteiger partial charge in [0, 0.05) is 51.5 Å². The van der Waals surface area contributed by atoms with Crippen LogP contribution >= 0.6 is 0 Å². The number of hydrogen-bond acceptors (Lipinski definition) is 4. The van der Waals surface area contributed by atoms with Crippen molar-refractivity contribution in [1.29, 1.82) is 0 Å². The summed E-state index contributed by atoms with van der Waals surface area (Å²) in [6, 6.07) is 9.16. The number of rotatable bonds is 2. The van der Waals surface area contributed by atoms with Gasteiger partial charge in [0.25, 0.3) is 0 Å². The number of carbonyl (C=O) groups is 1. The Hall–Kier alpha value is -1.59. The Kier molecular flexibility index (Phi) is 4.22. The zero-order chi connectivity index (χ0) is 16.7. The number of hydrogen-bond donors (Lipinski definition) is 0. The Morgan fingerprint density at radius 1 is 1.08 bits per heavy atom. The quantitative estimate of drug-likeness (QED) is 0.807. The van der Waals surface area contributed by atoms with Crippen molar-refractivity contribution in [1.82, 2.24) is 14.7 Å². The molecule has 130 valence electrons. The summed E-state index contributed by atoms with van der Waals surface area (Å²) in [6.07, 6.45) is 1.07. The van der Waals surface area contributed by atoms with E-state index in [1.54, 1.807) is 0 Å². The van der Waals surface area contributed by atoms with Gasteiger partial charge < -0.3 is 14.7 Å². The van der Waals surface area contributed by atoms with Gasteiger partial charge in [-0.2, -0.15) is 0 Å². The van der Waals surface area contributed by atoms with Crippen molar-refractivity contribution >= 4 is 11.6 Å². The first-order chi connectivity index (χ1) is 11.6. The summed E-state index contributed by atoms with van der Waals surface area (Å²) in [4.78, 5) is 22.3. The van der Waals surface area contributed by atoms with Gasteiger partial charge in [0.05, 0.1) is 12.1 Å². The van der Waals surface area contributed by atoms with E-state index in [1.807, 2.05) is 0 Å². The van der Waals surface area contributed by atoms with E-state index in [9.17, 15) is 4.79 Å². The van der Waals surface area contributed by atoms with Crippen LogP contribution in [0.2, 0.25) is 0 Å². The number of carbonyl (C=O) groups excluding carboxylic acids is 1. The predicted molar refractivity (Wildman–Crippen MR) is 96.4 cm³/mol. The molecule has 4 rings (SSSR count). The van der Waals surface area contributed by atoms with E-state index in [4.69, 9.17) is 0 Å². The maximum absolute atomic E-state index is 13.0. The molecule has 5 heteroatoms. The van der Waals surface area contributed by atoms with E-state index >= 15 is 0 Å². The van der Waals surface area contributed by atoms with Gasteiger partial charge in [0.1, 0.15) is 0 Å². The maximum Gasteiger partial charge on any atom is 0.239 e. The maximum atomic E-state index is 13.0. The monoisotopic (exact) mass is 328 g/mol. The number of likely N-dealkylation sites (N-methyl/N-ethyl adjacent to an activating group) is 1. The van der Waals surface area contributed by atoms with Gasteiger partial charge in [-0.3, -0.25) is 9.69 Å². The SMILES string of the molecule is CC(C(=O)N1CCN2c3ccccc3C[C@@H]2C1)N1CCN(C)CC1. The fourth-order valence-corrected chi connectivity index (χ4v) is 4.39. The highest BCUT2D eigenvalue weighted by Crippen LogP contribution is 2.34. The Morgan fingerprint density at radius 2 is 1.83 bits per heavy atom. The Morgan fingerprint density at radius 3 is 2.62 bits per heavy atom. The third-order valence-corrected chi connectivity index (χ3v) is 5.99. The van der Waals surface area contributed by atoms with Crippen LogP contribution in [0.4, 0.5) is 5.69 Å². The van der Waals surface area contributed by atoms with Crippen molar-refractivity contribution < 1.29 is 4.79 Å². The van der Waals surface area contributed by atoms with E-state index < -0.39 is 0 Å². The topological polar surface area (TPSA) is 30.0 Å². The molecule has 1 amide bonds. The highest BCUT2D eigenvalue weighted by molar-refractivity contribution is 5.82. The zero-order valence-electron chi connectivity index (χ0n) is 14.8. The smallest absolute Gasteiger partial charge is 0.239 e. The minimum absolute atomic E-state index is 0.00836. The average Bonchev–Trinajstić information content (AvgIpc) is 2.99. The fraction of sp³-hybridized carbons (Fsp3) is 0.632. The van der Waals surface area contributed by atoms with Crippen LogP contribution in [-0.2, 0) is 11.2 Å². The summed E-state index contributed by atoms with van der Waals surface area (Å²) in [5.74, 6) is 0.315. The van der Waals surface area contributed by atoms with E-state index in [-0.39, 0.29) is 6.04 Å². The molecule has 2 atom stereocenters. The summed E-state index contributed by atoms with van der Waals surface area (Å²) in [5.41, 5.74) is 2.81. The van der Waals surface area contributed by atoms with E-state index in [0.29, 0.717) is 11.9 Å². The van der Waals surface area contributed by atoms with Gasteiger partial charge in [0.2, 0.25) is 5.91 Å². The molecule has 0 spiro atoms. The van der Waals surface area contributed by atoms with Crippen LogP contribution in [0.5, 0.6) is 0 Å². The van der Waals surface area contributed by atoms with Gasteiger partial charge >= 0.3 is 0 Å². The normalized spacial score (nSPS) is 26.2. The van der Waals surface area contributed by atoms with Crippen LogP contribution in [0, 0.1) is 0 Å². The molecule has 0 saturated carbocycles. The summed E-state index contributed by atoms with van der Waals surface area (Å²) in [6.45, 7) is 8.88. The number of fused-ring (bicyclic) bond motifs is 3. The van der Waals surface area contributed by atoms with E-state index in [1.165, 1.54) is 11.3 Å². The molecule has 0 radical (unpaired) electrons. The van der Waals surface area contributed by atoms with Crippen molar-refractivity contribution in [2.24, 2.45) is 0 Å². The lowest BCUT2D eigenvalue weighted by atomic mass is 10.1. The average molecular weight is 328 g/mol. The van der Waals surface area contributed by atoms with Crippen molar-refractivity contribution in [2.45, 2.75) is 25.4 Å². The Balaban J connectivity index is 1.39. The second kappa shape index (κ2) is 6.37. The van der Waals surface area contributed by atoms with Crippen molar-refractivity contribution in [3.63, 3.8) is 0 Å². The summed E-state index contributed by atoms with van der Waals surface area (Å²) in [7, 11) is 2.15. The molecular weight excluding hydrogens is 300 g/mol. The second-order valence-electron chi connectivity index (χ2n) is 7.48. The number of amides is 1. The summed E-state index contributed by atoms with van der Waals surface area (Å²) < 4.78 is 0. The van der Waals surface area contributed by atoms with Gasteiger partial charge in [-0.1, -0.05) is 18.2 Å². The van der Waals surface area contributed by atoms with Gasteiger partial charge in [0.15, 0.2) is 0 Å². The van der Waals surface area contributed by atoms with Crippen LogP contribution in [0.25, 0.3) is 0 Å². The highest BCUT2D eigenvalue weighted by atomic mass is 16.2. The molecule has 0 aromatic heterocycles. The number of piperazine rings is 2.